The Morgan fingerprint density at radius 2 is 1.95 bits per heavy atom. The second-order valence-corrected chi connectivity index (χ2v) is 4.94. The number of hydrogen-bond acceptors (Lipinski definition) is 4. The Labute approximate surface area is 121 Å². The zero-order valence-corrected chi connectivity index (χ0v) is 11.6. The standard InChI is InChI=1S/C15H12ClN3O/c1-9-7-11(5-6-13(9)17)15-18-14(19-20-15)10-3-2-4-12(16)8-10/h2-8H,17H2,1H3. The molecule has 0 aliphatic carbocycles. The summed E-state index contributed by atoms with van der Waals surface area (Å²) in [7, 11) is 0. The maximum atomic E-state index is 5.96. The van der Waals surface area contributed by atoms with Crippen molar-refractivity contribution in [2.75, 3.05) is 5.73 Å². The minimum atomic E-state index is 0.461. The SMILES string of the molecule is Cc1cc(-c2nc(-c3cccc(Cl)c3)no2)ccc1N. The lowest BCUT2D eigenvalue weighted by atomic mass is 10.1. The van der Waals surface area contributed by atoms with Gasteiger partial charge in [-0.1, -0.05) is 28.9 Å². The van der Waals surface area contributed by atoms with Crippen LogP contribution in [0.15, 0.2) is 47.0 Å². The maximum absolute atomic E-state index is 5.96. The van der Waals surface area contributed by atoms with E-state index in [1.807, 2.05) is 37.3 Å². The zero-order chi connectivity index (χ0) is 14.1. The lowest BCUT2D eigenvalue weighted by Gasteiger charge is -2.00. The third-order valence-corrected chi connectivity index (χ3v) is 3.26. The number of benzene rings is 2. The van der Waals surface area contributed by atoms with Crippen LogP contribution in [0.4, 0.5) is 5.69 Å². The molecule has 0 radical (unpaired) electrons. The minimum Gasteiger partial charge on any atom is -0.399 e. The summed E-state index contributed by atoms with van der Waals surface area (Å²) in [6.45, 7) is 1.94. The second kappa shape index (κ2) is 4.98. The molecule has 20 heavy (non-hydrogen) atoms. The van der Waals surface area contributed by atoms with Gasteiger partial charge in [-0.25, -0.2) is 0 Å². The van der Waals surface area contributed by atoms with Gasteiger partial charge >= 0.3 is 0 Å². The van der Waals surface area contributed by atoms with Crippen molar-refractivity contribution in [3.05, 3.63) is 53.1 Å². The van der Waals surface area contributed by atoms with Crippen molar-refractivity contribution in [1.29, 1.82) is 0 Å². The van der Waals surface area contributed by atoms with Crippen LogP contribution in [-0.2, 0) is 0 Å². The molecule has 0 saturated heterocycles. The fourth-order valence-corrected chi connectivity index (χ4v) is 2.08. The van der Waals surface area contributed by atoms with Crippen LogP contribution in [0.3, 0.4) is 0 Å². The highest BCUT2D eigenvalue weighted by molar-refractivity contribution is 6.30. The van der Waals surface area contributed by atoms with Crippen LogP contribution in [0.1, 0.15) is 5.56 Å². The van der Waals surface area contributed by atoms with Crippen molar-refractivity contribution < 1.29 is 4.52 Å². The van der Waals surface area contributed by atoms with Crippen LogP contribution in [-0.4, -0.2) is 10.1 Å². The Morgan fingerprint density at radius 1 is 1.10 bits per heavy atom. The lowest BCUT2D eigenvalue weighted by Crippen LogP contribution is -1.89. The molecule has 1 heterocycles. The number of rotatable bonds is 2. The molecule has 4 nitrogen and oxygen atoms in total. The van der Waals surface area contributed by atoms with Crippen molar-refractivity contribution in [1.82, 2.24) is 10.1 Å². The first kappa shape index (κ1) is 12.7. The summed E-state index contributed by atoms with van der Waals surface area (Å²) in [6.07, 6.45) is 0. The second-order valence-electron chi connectivity index (χ2n) is 4.50. The Balaban J connectivity index is 1.99. The van der Waals surface area contributed by atoms with Crippen LogP contribution in [0.2, 0.25) is 5.02 Å². The molecule has 2 aromatic carbocycles. The smallest absolute Gasteiger partial charge is 0.258 e. The van der Waals surface area contributed by atoms with Gasteiger partial charge in [-0.05, 0) is 42.8 Å². The average Bonchev–Trinajstić information content (AvgIpc) is 2.92. The first-order valence-corrected chi connectivity index (χ1v) is 6.47. The van der Waals surface area contributed by atoms with Crippen molar-refractivity contribution >= 4 is 17.3 Å². The van der Waals surface area contributed by atoms with Crippen LogP contribution in [0.5, 0.6) is 0 Å². The normalized spacial score (nSPS) is 10.7. The van der Waals surface area contributed by atoms with Gasteiger partial charge in [0.25, 0.3) is 5.89 Å². The van der Waals surface area contributed by atoms with Crippen molar-refractivity contribution in [2.45, 2.75) is 6.92 Å². The molecule has 0 saturated carbocycles. The van der Waals surface area contributed by atoms with Crippen molar-refractivity contribution in [2.24, 2.45) is 0 Å². The van der Waals surface area contributed by atoms with E-state index in [0.717, 1.165) is 22.4 Å². The summed E-state index contributed by atoms with van der Waals surface area (Å²) >= 11 is 5.96. The molecule has 2 N–H and O–H groups in total. The molecular weight excluding hydrogens is 274 g/mol. The molecule has 0 aliphatic heterocycles. The number of aromatic nitrogens is 2. The number of nitrogen functional groups attached to an aromatic ring is 1. The van der Waals surface area contributed by atoms with Crippen LogP contribution >= 0.6 is 11.6 Å². The number of hydrogen-bond donors (Lipinski definition) is 1. The van der Waals surface area contributed by atoms with Gasteiger partial charge in [0.05, 0.1) is 0 Å². The number of anilines is 1. The molecule has 0 amide bonds. The molecule has 0 bridgehead atoms. The van der Waals surface area contributed by atoms with E-state index in [1.165, 1.54) is 0 Å². The third kappa shape index (κ3) is 2.38. The molecule has 3 rings (SSSR count). The van der Waals surface area contributed by atoms with Crippen LogP contribution < -0.4 is 5.73 Å². The number of nitrogens with two attached hydrogens (primary N) is 1. The van der Waals surface area contributed by atoms with Crippen molar-refractivity contribution in [3.63, 3.8) is 0 Å². The zero-order valence-electron chi connectivity index (χ0n) is 10.8. The van der Waals surface area contributed by atoms with Gasteiger partial charge in [-0.2, -0.15) is 4.98 Å². The molecule has 5 heteroatoms. The topological polar surface area (TPSA) is 64.9 Å². The van der Waals surface area contributed by atoms with E-state index in [4.69, 9.17) is 21.9 Å². The first-order valence-electron chi connectivity index (χ1n) is 6.09. The van der Waals surface area contributed by atoms with E-state index in [-0.39, 0.29) is 0 Å². The maximum Gasteiger partial charge on any atom is 0.258 e. The molecular formula is C15H12ClN3O. The van der Waals surface area contributed by atoms with Gasteiger partial charge in [0.1, 0.15) is 0 Å². The average molecular weight is 286 g/mol. The van der Waals surface area contributed by atoms with Crippen LogP contribution in [0.25, 0.3) is 22.8 Å². The fraction of sp³-hybridized carbons (Fsp3) is 0.0667. The summed E-state index contributed by atoms with van der Waals surface area (Å²) in [5.41, 5.74) is 9.18. The summed E-state index contributed by atoms with van der Waals surface area (Å²) in [5.74, 6) is 0.972. The van der Waals surface area contributed by atoms with Gasteiger partial charge < -0.3 is 10.3 Å². The molecule has 0 atom stereocenters. The molecule has 0 unspecified atom stereocenters. The fourth-order valence-electron chi connectivity index (χ4n) is 1.89. The summed E-state index contributed by atoms with van der Waals surface area (Å²) in [5, 5.41) is 4.62. The monoisotopic (exact) mass is 285 g/mol. The van der Waals surface area contributed by atoms with Crippen LogP contribution in [0, 0.1) is 6.92 Å². The van der Waals surface area contributed by atoms with Gasteiger partial charge in [0.15, 0.2) is 0 Å². The largest absolute Gasteiger partial charge is 0.399 e. The summed E-state index contributed by atoms with van der Waals surface area (Å²) in [4.78, 5) is 4.39. The molecule has 0 aliphatic rings. The predicted octanol–water partition coefficient (Wildman–Crippen LogP) is 3.95. The van der Waals surface area contributed by atoms with Gasteiger partial charge in [-0.15, -0.1) is 0 Å². The van der Waals surface area contributed by atoms with Gasteiger partial charge in [0, 0.05) is 21.8 Å². The highest BCUT2D eigenvalue weighted by Gasteiger charge is 2.11. The van der Waals surface area contributed by atoms with Gasteiger partial charge in [-0.3, -0.25) is 0 Å². The Bertz CT molecular complexity index is 767. The molecule has 3 aromatic rings. The quantitative estimate of drug-likeness (QED) is 0.724. The van der Waals surface area contributed by atoms with E-state index in [2.05, 4.69) is 10.1 Å². The highest BCUT2D eigenvalue weighted by atomic mass is 35.5. The summed E-state index contributed by atoms with van der Waals surface area (Å²) in [6, 6.07) is 12.9. The van der Waals surface area contributed by atoms with E-state index in [9.17, 15) is 0 Å². The van der Waals surface area contributed by atoms with E-state index >= 15 is 0 Å². The number of halogens is 1. The minimum absolute atomic E-state index is 0.461. The van der Waals surface area contributed by atoms with E-state index in [1.54, 1.807) is 12.1 Å². The summed E-state index contributed by atoms with van der Waals surface area (Å²) < 4.78 is 5.29. The predicted molar refractivity (Wildman–Crippen MR) is 79.3 cm³/mol. The lowest BCUT2D eigenvalue weighted by molar-refractivity contribution is 0.432. The highest BCUT2D eigenvalue weighted by Crippen LogP contribution is 2.25. The number of aryl methyl sites for hydroxylation is 1. The van der Waals surface area contributed by atoms with Gasteiger partial charge in [0.2, 0.25) is 5.82 Å². The number of nitrogens with zero attached hydrogens (tertiary/aromatic N) is 2. The molecule has 0 spiro atoms. The van der Waals surface area contributed by atoms with E-state index < -0.39 is 0 Å². The molecule has 1 aromatic heterocycles. The molecule has 0 fully saturated rings. The first-order chi connectivity index (χ1) is 9.63. The molecule has 100 valence electrons. The Hall–Kier alpha value is -2.33. The Morgan fingerprint density at radius 3 is 2.70 bits per heavy atom. The van der Waals surface area contributed by atoms with Crippen molar-refractivity contribution in [3.8, 4) is 22.8 Å². The van der Waals surface area contributed by atoms with E-state index in [0.29, 0.717) is 16.7 Å². The third-order valence-electron chi connectivity index (χ3n) is 3.03. The Kier molecular flexibility index (Phi) is 3.16.